The first-order valence-electron chi connectivity index (χ1n) is 6.94. The zero-order valence-corrected chi connectivity index (χ0v) is 13.5. The summed E-state index contributed by atoms with van der Waals surface area (Å²) in [5.41, 5.74) is -2.55. The maximum atomic E-state index is 14.0. The number of nitrogens with zero attached hydrogens (tertiary/aromatic N) is 2. The number of ether oxygens (including phenoxy) is 1. The number of nitrogen functional groups attached to an aromatic ring is 1. The second kappa shape index (κ2) is 6.64. The van der Waals surface area contributed by atoms with E-state index in [0.29, 0.717) is 6.07 Å². The van der Waals surface area contributed by atoms with Crippen LogP contribution in [0.2, 0.25) is 0 Å². The Hall–Kier alpha value is -2.13. The predicted molar refractivity (Wildman–Crippen MR) is 76.0 cm³/mol. The van der Waals surface area contributed by atoms with E-state index in [0.717, 1.165) is 0 Å². The van der Waals surface area contributed by atoms with Gasteiger partial charge in [-0.3, -0.25) is 0 Å². The Balaban J connectivity index is 2.37. The minimum atomic E-state index is -6.01. The lowest BCUT2D eigenvalue weighted by Gasteiger charge is -2.30. The van der Waals surface area contributed by atoms with Gasteiger partial charge in [-0.05, 0) is 12.8 Å². The van der Waals surface area contributed by atoms with Crippen molar-refractivity contribution in [2.24, 2.45) is 5.41 Å². The first-order chi connectivity index (χ1) is 11.5. The van der Waals surface area contributed by atoms with Crippen LogP contribution in [0.3, 0.4) is 0 Å². The molecule has 0 saturated carbocycles. The SMILES string of the molecule is N#CC1(Cc2nc(OS(=O)(=O)C(F)(F)F)c(N)cc2F)CCOCC1. The number of nitriles is 1. The van der Waals surface area contributed by atoms with Crippen LogP contribution in [0.5, 0.6) is 5.88 Å². The molecule has 138 valence electrons. The molecule has 0 aromatic carbocycles. The largest absolute Gasteiger partial charge is 0.534 e. The molecule has 2 rings (SSSR count). The Labute approximate surface area is 140 Å². The van der Waals surface area contributed by atoms with Gasteiger partial charge in [0, 0.05) is 25.7 Å². The Morgan fingerprint density at radius 3 is 2.52 bits per heavy atom. The summed E-state index contributed by atoms with van der Waals surface area (Å²) in [6.45, 7) is 0.520. The standard InChI is InChI=1S/C13H13F4N3O4S/c14-8-5-9(19)11(24-25(21,22)13(15,16)17)20-10(8)6-12(7-18)1-3-23-4-2-12/h5H,1-4,6,19H2. The number of alkyl halides is 3. The smallest absolute Gasteiger partial charge is 0.394 e. The van der Waals surface area contributed by atoms with E-state index in [-0.39, 0.29) is 32.5 Å². The number of aromatic nitrogens is 1. The van der Waals surface area contributed by atoms with Gasteiger partial charge in [0.05, 0.1) is 22.9 Å². The molecule has 1 fully saturated rings. The fourth-order valence-electron chi connectivity index (χ4n) is 2.27. The number of pyridine rings is 1. The molecule has 0 spiro atoms. The molecule has 1 aromatic heterocycles. The van der Waals surface area contributed by atoms with Gasteiger partial charge >= 0.3 is 15.6 Å². The Bertz CT molecular complexity index is 799. The van der Waals surface area contributed by atoms with Crippen molar-refractivity contribution < 1.29 is 34.9 Å². The Kier molecular flexibility index (Phi) is 5.10. The number of hydrogen-bond donors (Lipinski definition) is 1. The molecular formula is C13H13F4N3O4S. The molecule has 25 heavy (non-hydrogen) atoms. The molecule has 0 radical (unpaired) electrons. The summed E-state index contributed by atoms with van der Waals surface area (Å²) in [7, 11) is -6.01. The molecule has 0 unspecified atom stereocenters. The van der Waals surface area contributed by atoms with Gasteiger partial charge in [0.15, 0.2) is 0 Å². The molecule has 1 aromatic rings. The summed E-state index contributed by atoms with van der Waals surface area (Å²) in [5.74, 6) is -2.07. The van der Waals surface area contributed by atoms with E-state index in [1.807, 2.05) is 6.07 Å². The van der Waals surface area contributed by atoms with E-state index in [4.69, 9.17) is 10.5 Å². The molecular weight excluding hydrogens is 370 g/mol. The molecule has 12 heteroatoms. The maximum Gasteiger partial charge on any atom is 0.534 e. The minimum absolute atomic E-state index is 0.249. The van der Waals surface area contributed by atoms with Gasteiger partial charge in [0.25, 0.3) is 5.88 Å². The second-order valence-electron chi connectivity index (χ2n) is 5.48. The lowest BCUT2D eigenvalue weighted by molar-refractivity contribution is -0.0501. The van der Waals surface area contributed by atoms with Crippen LogP contribution in [0.15, 0.2) is 6.07 Å². The van der Waals surface area contributed by atoms with Gasteiger partial charge in [0.2, 0.25) is 0 Å². The van der Waals surface area contributed by atoms with E-state index in [1.54, 1.807) is 0 Å². The number of hydrogen-bond acceptors (Lipinski definition) is 7. The van der Waals surface area contributed by atoms with Crippen LogP contribution in [0, 0.1) is 22.6 Å². The minimum Gasteiger partial charge on any atom is -0.394 e. The van der Waals surface area contributed by atoms with Crippen LogP contribution in [-0.4, -0.2) is 32.1 Å². The van der Waals surface area contributed by atoms with E-state index in [9.17, 15) is 31.2 Å². The average Bonchev–Trinajstić information content (AvgIpc) is 2.51. The maximum absolute atomic E-state index is 14.0. The predicted octanol–water partition coefficient (Wildman–Crippen LogP) is 1.89. The van der Waals surface area contributed by atoms with Crippen molar-refractivity contribution in [1.82, 2.24) is 4.98 Å². The van der Waals surface area contributed by atoms with Crippen molar-refractivity contribution >= 4 is 15.8 Å². The van der Waals surface area contributed by atoms with Gasteiger partial charge in [-0.1, -0.05) is 0 Å². The van der Waals surface area contributed by atoms with E-state index >= 15 is 0 Å². The van der Waals surface area contributed by atoms with Gasteiger partial charge in [-0.15, -0.1) is 0 Å². The molecule has 0 amide bonds. The van der Waals surface area contributed by atoms with E-state index in [1.165, 1.54) is 0 Å². The van der Waals surface area contributed by atoms with Gasteiger partial charge in [-0.2, -0.15) is 26.9 Å². The third-order valence-corrected chi connectivity index (χ3v) is 4.65. The topological polar surface area (TPSA) is 115 Å². The van der Waals surface area contributed by atoms with Crippen molar-refractivity contribution in [3.63, 3.8) is 0 Å². The third kappa shape index (κ3) is 4.10. The van der Waals surface area contributed by atoms with Crippen LogP contribution >= 0.6 is 0 Å². The van der Waals surface area contributed by atoms with Gasteiger partial charge in [0.1, 0.15) is 5.82 Å². The van der Waals surface area contributed by atoms with Crippen LogP contribution in [0.4, 0.5) is 23.2 Å². The quantitative estimate of drug-likeness (QED) is 0.480. The molecule has 2 heterocycles. The Morgan fingerprint density at radius 2 is 2.00 bits per heavy atom. The first kappa shape index (κ1) is 19.2. The summed E-state index contributed by atoms with van der Waals surface area (Å²) in [4.78, 5) is 3.46. The fourth-order valence-corrected chi connectivity index (χ4v) is 2.71. The summed E-state index contributed by atoms with van der Waals surface area (Å²) < 4.78 is 82.4. The highest BCUT2D eigenvalue weighted by atomic mass is 32.2. The number of rotatable bonds is 4. The van der Waals surface area contributed by atoms with Crippen molar-refractivity contribution in [2.45, 2.75) is 24.8 Å². The van der Waals surface area contributed by atoms with Gasteiger partial charge < -0.3 is 14.7 Å². The zero-order chi connectivity index (χ0) is 18.9. The van der Waals surface area contributed by atoms with Crippen LogP contribution in [-0.2, 0) is 21.3 Å². The van der Waals surface area contributed by atoms with Crippen molar-refractivity contribution in [3.8, 4) is 11.9 Å². The van der Waals surface area contributed by atoms with Crippen molar-refractivity contribution in [1.29, 1.82) is 5.26 Å². The van der Waals surface area contributed by atoms with Crippen LogP contribution in [0.1, 0.15) is 18.5 Å². The third-order valence-electron chi connectivity index (χ3n) is 3.71. The zero-order valence-electron chi connectivity index (χ0n) is 12.6. The lowest BCUT2D eigenvalue weighted by atomic mass is 9.77. The first-order valence-corrected chi connectivity index (χ1v) is 8.35. The number of anilines is 1. The molecule has 2 N–H and O–H groups in total. The normalized spacial score (nSPS) is 17.7. The Morgan fingerprint density at radius 1 is 1.40 bits per heavy atom. The van der Waals surface area contributed by atoms with Gasteiger partial charge in [-0.25, -0.2) is 9.37 Å². The highest BCUT2D eigenvalue weighted by Gasteiger charge is 2.49. The highest BCUT2D eigenvalue weighted by Crippen LogP contribution is 2.36. The van der Waals surface area contributed by atoms with Crippen LogP contribution < -0.4 is 9.92 Å². The fraction of sp³-hybridized carbons (Fsp3) is 0.538. The van der Waals surface area contributed by atoms with E-state index in [2.05, 4.69) is 9.17 Å². The molecule has 1 saturated heterocycles. The summed E-state index contributed by atoms with van der Waals surface area (Å²) in [6.07, 6.45) is 0.291. The molecule has 1 aliphatic heterocycles. The summed E-state index contributed by atoms with van der Waals surface area (Å²) in [5, 5.41) is 9.35. The summed E-state index contributed by atoms with van der Waals surface area (Å²) in [6, 6.07) is 2.65. The number of nitrogens with two attached hydrogens (primary N) is 1. The molecule has 1 aliphatic rings. The van der Waals surface area contributed by atoms with Crippen LogP contribution in [0.25, 0.3) is 0 Å². The number of halogens is 4. The summed E-state index contributed by atoms with van der Waals surface area (Å²) >= 11 is 0. The molecule has 7 nitrogen and oxygen atoms in total. The lowest BCUT2D eigenvalue weighted by Crippen LogP contribution is -2.31. The molecule has 0 atom stereocenters. The highest BCUT2D eigenvalue weighted by molar-refractivity contribution is 7.88. The monoisotopic (exact) mass is 383 g/mol. The van der Waals surface area contributed by atoms with E-state index < -0.39 is 44.1 Å². The van der Waals surface area contributed by atoms with Crippen molar-refractivity contribution in [2.75, 3.05) is 18.9 Å². The molecule has 0 aliphatic carbocycles. The van der Waals surface area contributed by atoms with Crippen molar-refractivity contribution in [3.05, 3.63) is 17.6 Å². The average molecular weight is 383 g/mol. The molecule has 0 bridgehead atoms. The second-order valence-corrected chi connectivity index (χ2v) is 7.01.